The molecule has 2 unspecified atom stereocenters. The molecular formula is C30H51NO8. The second kappa shape index (κ2) is 15.6. The molecule has 3 aliphatic rings. The molecule has 39 heavy (non-hydrogen) atoms. The summed E-state index contributed by atoms with van der Waals surface area (Å²) in [6.45, 7) is 10.0. The number of unbranched alkanes of at least 4 members (excludes halogenated alkanes) is 10. The van der Waals surface area contributed by atoms with Crippen molar-refractivity contribution in [1.29, 1.82) is 0 Å². The number of piperidine rings is 1. The molecule has 3 aliphatic heterocycles. The zero-order valence-corrected chi connectivity index (χ0v) is 24.8. The van der Waals surface area contributed by atoms with E-state index in [2.05, 4.69) is 6.92 Å². The highest BCUT2D eigenvalue weighted by atomic mass is 16.7. The van der Waals surface area contributed by atoms with Crippen molar-refractivity contribution in [2.24, 2.45) is 11.8 Å². The number of carboxylic acid groups (broad SMARTS) is 1. The Morgan fingerprint density at radius 1 is 0.923 bits per heavy atom. The Morgan fingerprint density at radius 2 is 1.44 bits per heavy atom. The summed E-state index contributed by atoms with van der Waals surface area (Å²) in [5.74, 6) is -6.11. The van der Waals surface area contributed by atoms with E-state index in [1.165, 1.54) is 44.9 Å². The molecule has 1 N–H and O–H groups in total. The van der Waals surface area contributed by atoms with Gasteiger partial charge in [0, 0.05) is 12.8 Å². The summed E-state index contributed by atoms with van der Waals surface area (Å²) in [6, 6.07) is 0. The second-order valence-corrected chi connectivity index (χ2v) is 12.6. The molecule has 3 heterocycles. The molecule has 0 amide bonds. The Kier molecular flexibility index (Phi) is 13.2. The normalized spacial score (nSPS) is 24.9. The number of carbonyl (C=O) groups excluding carboxylic acids is 3. The van der Waals surface area contributed by atoms with Crippen molar-refractivity contribution >= 4 is 23.9 Å². The van der Waals surface area contributed by atoms with Crippen molar-refractivity contribution in [3.63, 3.8) is 0 Å². The average Bonchev–Trinajstić information content (AvgIpc) is 2.83. The zero-order valence-electron chi connectivity index (χ0n) is 24.8. The minimum absolute atomic E-state index is 0.150. The summed E-state index contributed by atoms with van der Waals surface area (Å²) in [4.78, 5) is 56.5. The second-order valence-electron chi connectivity index (χ2n) is 12.6. The van der Waals surface area contributed by atoms with E-state index in [0.29, 0.717) is 19.3 Å². The van der Waals surface area contributed by atoms with Gasteiger partial charge in [0.2, 0.25) is 0 Å². The number of hydrogen-bond acceptors (Lipinski definition) is 8. The minimum atomic E-state index is -1.33. The Morgan fingerprint density at radius 3 is 1.95 bits per heavy atom. The fourth-order valence-electron chi connectivity index (χ4n) is 6.09. The molecule has 0 aromatic carbocycles. The molecule has 3 fully saturated rings. The van der Waals surface area contributed by atoms with E-state index in [0.717, 1.165) is 19.3 Å². The van der Waals surface area contributed by atoms with Crippen molar-refractivity contribution < 1.29 is 38.6 Å². The first-order valence-corrected chi connectivity index (χ1v) is 15.0. The van der Waals surface area contributed by atoms with Crippen LogP contribution in [0, 0.1) is 11.8 Å². The van der Waals surface area contributed by atoms with Crippen LogP contribution in [-0.2, 0) is 33.5 Å². The average molecular weight is 554 g/mol. The van der Waals surface area contributed by atoms with Gasteiger partial charge in [0.05, 0.1) is 42.4 Å². The monoisotopic (exact) mass is 553 g/mol. The van der Waals surface area contributed by atoms with Gasteiger partial charge in [-0.05, 0) is 34.1 Å². The quantitative estimate of drug-likeness (QED) is 0.182. The number of rotatable bonds is 16. The van der Waals surface area contributed by atoms with E-state index >= 15 is 0 Å². The third-order valence-electron chi connectivity index (χ3n) is 7.89. The van der Waals surface area contributed by atoms with Crippen LogP contribution in [0.1, 0.15) is 131 Å². The number of ether oxygens (including phenoxy) is 2. The molecule has 224 valence electrons. The molecule has 0 spiro atoms. The fourth-order valence-corrected chi connectivity index (χ4v) is 6.09. The van der Waals surface area contributed by atoms with Gasteiger partial charge in [0.25, 0.3) is 0 Å². The maximum Gasteiger partial charge on any atom is 0.326 e. The van der Waals surface area contributed by atoms with E-state index < -0.39 is 65.7 Å². The molecule has 9 nitrogen and oxygen atoms in total. The van der Waals surface area contributed by atoms with Crippen molar-refractivity contribution in [1.82, 2.24) is 5.06 Å². The van der Waals surface area contributed by atoms with E-state index in [9.17, 15) is 24.3 Å². The van der Waals surface area contributed by atoms with Gasteiger partial charge in [0.15, 0.2) is 0 Å². The first kappa shape index (κ1) is 33.0. The third-order valence-corrected chi connectivity index (χ3v) is 7.89. The molecule has 0 aromatic rings. The van der Waals surface area contributed by atoms with E-state index in [1.54, 1.807) is 5.06 Å². The van der Waals surface area contributed by atoms with Crippen LogP contribution in [0.15, 0.2) is 0 Å². The molecule has 9 heteroatoms. The summed E-state index contributed by atoms with van der Waals surface area (Å²) in [5.41, 5.74) is -1.13. The molecule has 0 radical (unpaired) electrons. The minimum Gasteiger partial charge on any atom is -0.481 e. The van der Waals surface area contributed by atoms with Crippen molar-refractivity contribution in [2.75, 3.05) is 6.61 Å². The van der Waals surface area contributed by atoms with Crippen molar-refractivity contribution in [3.8, 4) is 0 Å². The molecule has 2 bridgehead atoms. The van der Waals surface area contributed by atoms with Gasteiger partial charge in [0.1, 0.15) is 6.10 Å². The molecule has 0 saturated carbocycles. The standard InChI is InChI=1S/C30H51NO8/c1-6-7-8-9-10-11-12-13-14-15-16-17-37-27(35)23(18-25(32)33)24-19-26(34)39-31-29(2,3)20-22(38-28(24)36)21-30(31,4)5/h22-24H,6-21H2,1-5H3,(H,32,33). The van der Waals surface area contributed by atoms with Crippen LogP contribution < -0.4 is 0 Å². The fraction of sp³-hybridized carbons (Fsp3) is 0.867. The number of nitrogens with zero attached hydrogens (tertiary/aromatic N) is 1. The molecule has 0 aliphatic carbocycles. The molecule has 3 saturated heterocycles. The number of aliphatic carboxylic acids is 1. The van der Waals surface area contributed by atoms with Gasteiger partial charge >= 0.3 is 23.9 Å². The molecule has 3 rings (SSSR count). The van der Waals surface area contributed by atoms with E-state index in [-0.39, 0.29) is 6.61 Å². The molecule has 0 aromatic heterocycles. The lowest BCUT2D eigenvalue weighted by Gasteiger charge is -2.53. The predicted octanol–water partition coefficient (Wildman–Crippen LogP) is 5.97. The van der Waals surface area contributed by atoms with Crippen LogP contribution in [-0.4, -0.2) is 57.8 Å². The van der Waals surface area contributed by atoms with Crippen molar-refractivity contribution in [2.45, 2.75) is 148 Å². The first-order chi connectivity index (χ1) is 18.4. The number of hydroxylamine groups is 2. The predicted molar refractivity (Wildman–Crippen MR) is 146 cm³/mol. The largest absolute Gasteiger partial charge is 0.481 e. The maximum absolute atomic E-state index is 13.2. The van der Waals surface area contributed by atoms with Gasteiger partial charge < -0.3 is 19.4 Å². The summed E-state index contributed by atoms with van der Waals surface area (Å²) in [7, 11) is 0. The lowest BCUT2D eigenvalue weighted by molar-refractivity contribution is -0.281. The van der Waals surface area contributed by atoms with Gasteiger partial charge in [-0.15, -0.1) is 5.06 Å². The molecule has 2 atom stereocenters. The highest BCUT2D eigenvalue weighted by Crippen LogP contribution is 2.41. The van der Waals surface area contributed by atoms with Crippen LogP contribution in [0.2, 0.25) is 0 Å². The topological polar surface area (TPSA) is 119 Å². The Balaban J connectivity index is 1.90. The highest BCUT2D eigenvalue weighted by Gasteiger charge is 2.52. The zero-order chi connectivity index (χ0) is 29.1. The van der Waals surface area contributed by atoms with E-state index in [1.807, 2.05) is 27.7 Å². The Bertz CT molecular complexity index is 806. The summed E-state index contributed by atoms with van der Waals surface area (Å²) in [5, 5.41) is 11.1. The van der Waals surface area contributed by atoms with Crippen LogP contribution >= 0.6 is 0 Å². The van der Waals surface area contributed by atoms with Crippen LogP contribution in [0.5, 0.6) is 0 Å². The lowest BCUT2D eigenvalue weighted by atomic mass is 9.79. The van der Waals surface area contributed by atoms with Gasteiger partial charge in [-0.1, -0.05) is 71.1 Å². The number of fused-ring (bicyclic) bond motifs is 7. The van der Waals surface area contributed by atoms with E-state index in [4.69, 9.17) is 14.3 Å². The maximum atomic E-state index is 13.2. The van der Waals surface area contributed by atoms with Crippen molar-refractivity contribution in [3.05, 3.63) is 0 Å². The number of carbonyl (C=O) groups is 4. The van der Waals surface area contributed by atoms with Gasteiger partial charge in [-0.2, -0.15) is 0 Å². The Labute approximate surface area is 234 Å². The third kappa shape index (κ3) is 10.7. The van der Waals surface area contributed by atoms with Crippen LogP contribution in [0.3, 0.4) is 0 Å². The summed E-state index contributed by atoms with van der Waals surface area (Å²) in [6.07, 6.45) is 12.1. The lowest BCUT2D eigenvalue weighted by Crippen LogP contribution is -2.63. The van der Waals surface area contributed by atoms with Gasteiger partial charge in [-0.25, -0.2) is 0 Å². The smallest absolute Gasteiger partial charge is 0.326 e. The molecular weight excluding hydrogens is 502 g/mol. The van der Waals surface area contributed by atoms with Crippen LogP contribution in [0.25, 0.3) is 0 Å². The SMILES string of the molecule is CCCCCCCCCCCCCOC(=O)C(CC(=O)O)C1CC(=O)ON2C(C)(C)CC(CC2(C)C)OC1=O. The highest BCUT2D eigenvalue weighted by molar-refractivity contribution is 5.88. The number of esters is 2. The number of hydrogen-bond donors (Lipinski definition) is 1. The first-order valence-electron chi connectivity index (χ1n) is 15.0. The van der Waals surface area contributed by atoms with Gasteiger partial charge in [-0.3, -0.25) is 19.2 Å². The summed E-state index contributed by atoms with van der Waals surface area (Å²) < 4.78 is 11.2. The number of carboxylic acids is 1. The van der Waals surface area contributed by atoms with Crippen LogP contribution in [0.4, 0.5) is 0 Å². The Hall–Kier alpha value is -2.16. The summed E-state index contributed by atoms with van der Waals surface area (Å²) >= 11 is 0.